The zero-order valence-electron chi connectivity index (χ0n) is 18.0. The highest BCUT2D eigenvalue weighted by molar-refractivity contribution is 7.92. The molecule has 0 saturated heterocycles. The van der Waals surface area contributed by atoms with Crippen LogP contribution in [0.5, 0.6) is 5.75 Å². The van der Waals surface area contributed by atoms with Crippen LogP contribution in [0, 0.1) is 0 Å². The Hall–Kier alpha value is -3.27. The van der Waals surface area contributed by atoms with Gasteiger partial charge >= 0.3 is 6.18 Å². The van der Waals surface area contributed by atoms with Gasteiger partial charge in [0.1, 0.15) is 18.4 Å². The van der Waals surface area contributed by atoms with E-state index < -0.39 is 33.7 Å². The van der Waals surface area contributed by atoms with Crippen molar-refractivity contribution in [1.29, 1.82) is 0 Å². The van der Waals surface area contributed by atoms with Crippen molar-refractivity contribution in [1.82, 2.24) is 5.32 Å². The molecule has 3 aromatic carbocycles. The lowest BCUT2D eigenvalue weighted by atomic mass is 10.1. The molecule has 10 heteroatoms. The van der Waals surface area contributed by atoms with Crippen molar-refractivity contribution in [2.45, 2.75) is 19.1 Å². The number of carbonyl (C=O) groups is 1. The topological polar surface area (TPSA) is 75.7 Å². The zero-order chi connectivity index (χ0) is 24.2. The van der Waals surface area contributed by atoms with Gasteiger partial charge in [-0.25, -0.2) is 8.42 Å². The highest BCUT2D eigenvalue weighted by atomic mass is 32.2. The third-order valence-corrected chi connectivity index (χ3v) is 6.15. The Morgan fingerprint density at radius 3 is 2.39 bits per heavy atom. The van der Waals surface area contributed by atoms with Crippen molar-refractivity contribution in [2.75, 3.05) is 23.7 Å². The Balaban J connectivity index is 1.64. The summed E-state index contributed by atoms with van der Waals surface area (Å²) in [6.07, 6.45) is -3.81. The summed E-state index contributed by atoms with van der Waals surface area (Å²) < 4.78 is 70.1. The molecule has 0 fully saturated rings. The Kier molecular flexibility index (Phi) is 7.16. The predicted molar refractivity (Wildman–Crippen MR) is 121 cm³/mol. The van der Waals surface area contributed by atoms with Crippen molar-refractivity contribution in [2.24, 2.45) is 0 Å². The lowest BCUT2D eigenvalue weighted by Crippen LogP contribution is -2.48. The first-order chi connectivity index (χ1) is 15.5. The van der Waals surface area contributed by atoms with Crippen LogP contribution in [-0.4, -0.2) is 39.8 Å². The number of carbonyl (C=O) groups excluding carboxylic acids is 1. The van der Waals surface area contributed by atoms with Gasteiger partial charge in [0.15, 0.2) is 0 Å². The van der Waals surface area contributed by atoms with E-state index in [-0.39, 0.29) is 18.8 Å². The van der Waals surface area contributed by atoms with Gasteiger partial charge < -0.3 is 10.1 Å². The number of anilines is 1. The van der Waals surface area contributed by atoms with E-state index in [1.54, 1.807) is 6.07 Å². The fourth-order valence-corrected chi connectivity index (χ4v) is 4.54. The van der Waals surface area contributed by atoms with E-state index >= 15 is 0 Å². The average molecular weight is 481 g/mol. The Labute approximate surface area is 190 Å². The zero-order valence-corrected chi connectivity index (χ0v) is 18.8. The van der Waals surface area contributed by atoms with Crippen molar-refractivity contribution in [3.05, 3.63) is 72.3 Å². The van der Waals surface area contributed by atoms with Gasteiger partial charge in [-0.1, -0.05) is 36.4 Å². The maximum Gasteiger partial charge on any atom is 0.416 e. The van der Waals surface area contributed by atoms with Crippen molar-refractivity contribution < 1.29 is 31.1 Å². The third-order valence-electron chi connectivity index (χ3n) is 4.91. The van der Waals surface area contributed by atoms with Gasteiger partial charge in [0, 0.05) is 0 Å². The molecule has 0 aliphatic heterocycles. The molecule has 1 N–H and O–H groups in total. The molecule has 0 aliphatic rings. The minimum Gasteiger partial charge on any atom is -0.492 e. The molecule has 0 radical (unpaired) electrons. The van der Waals surface area contributed by atoms with Crippen LogP contribution in [0.2, 0.25) is 0 Å². The van der Waals surface area contributed by atoms with Gasteiger partial charge in [-0.15, -0.1) is 0 Å². The van der Waals surface area contributed by atoms with E-state index in [0.29, 0.717) is 16.1 Å². The number of hydrogen-bond donors (Lipinski definition) is 1. The van der Waals surface area contributed by atoms with Crippen LogP contribution in [0.15, 0.2) is 66.7 Å². The second-order valence-corrected chi connectivity index (χ2v) is 9.29. The van der Waals surface area contributed by atoms with Gasteiger partial charge in [0.25, 0.3) is 0 Å². The van der Waals surface area contributed by atoms with Crippen LogP contribution >= 0.6 is 0 Å². The Morgan fingerprint density at radius 1 is 1.03 bits per heavy atom. The first-order valence-electron chi connectivity index (χ1n) is 10.0. The summed E-state index contributed by atoms with van der Waals surface area (Å²) in [6, 6.07) is 15.9. The molecular formula is C23H23F3N2O4S. The van der Waals surface area contributed by atoms with Gasteiger partial charge in [0.2, 0.25) is 15.9 Å². The smallest absolute Gasteiger partial charge is 0.416 e. The maximum atomic E-state index is 13.1. The number of hydrogen-bond acceptors (Lipinski definition) is 4. The number of fused-ring (bicyclic) bond motifs is 1. The van der Waals surface area contributed by atoms with Crippen LogP contribution in [0.25, 0.3) is 10.8 Å². The highest BCUT2D eigenvalue weighted by Crippen LogP contribution is 2.32. The SMILES string of the molecule is C[C@@H](C(=O)NCCOc1ccc2ccccc2c1)N(c1cccc(C(F)(F)F)c1)S(C)(=O)=O. The molecule has 0 saturated carbocycles. The molecular weight excluding hydrogens is 457 g/mol. The van der Waals surface area contributed by atoms with E-state index in [4.69, 9.17) is 4.74 Å². The molecule has 176 valence electrons. The monoisotopic (exact) mass is 480 g/mol. The standard InChI is InChI=1S/C23H23F3N2O4S/c1-16(28(33(2,30)31)20-9-5-8-19(15-20)23(24,25)26)22(29)27-12-13-32-21-11-10-17-6-3-4-7-18(17)14-21/h3-11,14-16H,12-13H2,1-2H3,(H,27,29)/t16-/m0/s1. The molecule has 0 aromatic heterocycles. The van der Waals surface area contributed by atoms with Gasteiger partial charge in [-0.05, 0) is 48.0 Å². The number of benzene rings is 3. The fourth-order valence-electron chi connectivity index (χ4n) is 3.38. The summed E-state index contributed by atoms with van der Waals surface area (Å²) >= 11 is 0. The second-order valence-electron chi connectivity index (χ2n) is 7.43. The van der Waals surface area contributed by atoms with Gasteiger partial charge in [0.05, 0.1) is 24.1 Å². The number of halogens is 3. The van der Waals surface area contributed by atoms with Crippen LogP contribution in [0.3, 0.4) is 0 Å². The van der Waals surface area contributed by atoms with E-state index in [1.807, 2.05) is 36.4 Å². The van der Waals surface area contributed by atoms with Crippen LogP contribution in [-0.2, 0) is 21.0 Å². The molecule has 0 bridgehead atoms. The maximum absolute atomic E-state index is 13.1. The first kappa shape index (κ1) is 24.4. The molecule has 6 nitrogen and oxygen atoms in total. The summed E-state index contributed by atoms with van der Waals surface area (Å²) in [5.41, 5.74) is -1.26. The second kappa shape index (κ2) is 9.70. The number of nitrogens with zero attached hydrogens (tertiary/aromatic N) is 1. The lowest BCUT2D eigenvalue weighted by molar-refractivity contribution is -0.137. The number of ether oxygens (including phenoxy) is 1. The van der Waals surface area contributed by atoms with Crippen molar-refractivity contribution >= 4 is 32.4 Å². The fraction of sp³-hybridized carbons (Fsp3) is 0.261. The molecule has 3 aromatic rings. The summed E-state index contributed by atoms with van der Waals surface area (Å²) in [5.74, 6) is -0.0577. The van der Waals surface area contributed by atoms with Crippen LogP contribution < -0.4 is 14.4 Å². The van der Waals surface area contributed by atoms with Gasteiger partial charge in [-0.3, -0.25) is 9.10 Å². The predicted octanol–water partition coefficient (Wildman–Crippen LogP) is 4.21. The number of rotatable bonds is 8. The van der Waals surface area contributed by atoms with E-state index in [2.05, 4.69) is 5.32 Å². The van der Waals surface area contributed by atoms with Crippen molar-refractivity contribution in [3.8, 4) is 5.75 Å². The Morgan fingerprint density at radius 2 is 1.73 bits per heavy atom. The van der Waals surface area contributed by atoms with E-state index in [1.165, 1.54) is 13.0 Å². The number of nitrogens with one attached hydrogen (secondary N) is 1. The van der Waals surface area contributed by atoms with Crippen LogP contribution in [0.1, 0.15) is 12.5 Å². The minimum absolute atomic E-state index is 0.0796. The molecule has 1 amide bonds. The first-order valence-corrected chi connectivity index (χ1v) is 11.9. The molecule has 0 spiro atoms. The molecule has 0 unspecified atom stereocenters. The number of amides is 1. The minimum atomic E-state index is -4.65. The largest absolute Gasteiger partial charge is 0.492 e. The summed E-state index contributed by atoms with van der Waals surface area (Å²) in [4.78, 5) is 12.6. The Bertz CT molecular complexity index is 1250. The molecule has 3 rings (SSSR count). The van der Waals surface area contributed by atoms with E-state index in [0.717, 1.165) is 29.2 Å². The highest BCUT2D eigenvalue weighted by Gasteiger charge is 2.34. The normalized spacial score (nSPS) is 12.9. The summed E-state index contributed by atoms with van der Waals surface area (Å²) in [7, 11) is -4.04. The molecule has 1 atom stereocenters. The van der Waals surface area contributed by atoms with E-state index in [9.17, 15) is 26.4 Å². The lowest BCUT2D eigenvalue weighted by Gasteiger charge is -2.28. The number of alkyl halides is 3. The quantitative estimate of drug-likeness (QED) is 0.490. The molecule has 33 heavy (non-hydrogen) atoms. The number of sulfonamides is 1. The molecule has 0 heterocycles. The third kappa shape index (κ3) is 6.16. The van der Waals surface area contributed by atoms with Gasteiger partial charge in [-0.2, -0.15) is 13.2 Å². The summed E-state index contributed by atoms with van der Waals surface area (Å²) in [5, 5.41) is 4.62. The summed E-state index contributed by atoms with van der Waals surface area (Å²) in [6.45, 7) is 1.51. The average Bonchev–Trinajstić information content (AvgIpc) is 2.75. The van der Waals surface area contributed by atoms with Crippen molar-refractivity contribution in [3.63, 3.8) is 0 Å². The van der Waals surface area contributed by atoms with Crippen LogP contribution in [0.4, 0.5) is 18.9 Å². The molecule has 0 aliphatic carbocycles.